The van der Waals surface area contributed by atoms with Crippen LogP contribution in [0.2, 0.25) is 0 Å². The van der Waals surface area contributed by atoms with E-state index < -0.39 is 6.10 Å². The van der Waals surface area contributed by atoms with Crippen LogP contribution < -0.4 is 10.5 Å². The van der Waals surface area contributed by atoms with Crippen LogP contribution in [0.25, 0.3) is 0 Å². The van der Waals surface area contributed by atoms with Crippen LogP contribution >= 0.6 is 0 Å². The van der Waals surface area contributed by atoms with Crippen molar-refractivity contribution in [2.75, 3.05) is 12.3 Å². The van der Waals surface area contributed by atoms with E-state index in [4.69, 9.17) is 15.2 Å². The minimum absolute atomic E-state index is 0.322. The quantitative estimate of drug-likeness (QED) is 0.630. The third-order valence-electron chi connectivity index (χ3n) is 2.08. The molecule has 0 unspecified atom stereocenters. The lowest BCUT2D eigenvalue weighted by atomic mass is 10.2. The lowest BCUT2D eigenvalue weighted by Gasteiger charge is -2.14. The molecule has 1 atom stereocenters. The first-order chi connectivity index (χ1) is 7.99. The molecule has 1 aromatic carbocycles. The molecule has 17 heavy (non-hydrogen) atoms. The van der Waals surface area contributed by atoms with E-state index in [9.17, 15) is 4.79 Å². The van der Waals surface area contributed by atoms with Gasteiger partial charge in [0.1, 0.15) is 5.75 Å². The van der Waals surface area contributed by atoms with Crippen LogP contribution in [0.15, 0.2) is 24.3 Å². The molecule has 0 aliphatic carbocycles. The van der Waals surface area contributed by atoms with Crippen molar-refractivity contribution in [1.29, 1.82) is 0 Å². The summed E-state index contributed by atoms with van der Waals surface area (Å²) in [5.41, 5.74) is 6.21. The maximum atomic E-state index is 11.5. The van der Waals surface area contributed by atoms with Gasteiger partial charge in [0, 0.05) is 5.69 Å². The van der Waals surface area contributed by atoms with Crippen LogP contribution in [0.4, 0.5) is 5.69 Å². The molecule has 0 aliphatic heterocycles. The Hall–Kier alpha value is -1.71. The van der Waals surface area contributed by atoms with Gasteiger partial charge in [-0.25, -0.2) is 4.79 Å². The smallest absolute Gasteiger partial charge is 0.347 e. The number of ether oxygens (including phenoxy) is 2. The highest BCUT2D eigenvalue weighted by Gasteiger charge is 2.16. The molecular formula is C13H19NO3. The Morgan fingerprint density at radius 2 is 1.82 bits per heavy atom. The molecule has 0 radical (unpaired) electrons. The van der Waals surface area contributed by atoms with Crippen molar-refractivity contribution in [2.24, 2.45) is 5.92 Å². The van der Waals surface area contributed by atoms with Crippen LogP contribution in [0.3, 0.4) is 0 Å². The number of esters is 1. The molecule has 0 aromatic heterocycles. The standard InChI is InChI=1S/C13H19NO3/c1-9(2)8-16-13(15)10(3)17-12-6-4-11(14)5-7-12/h4-7,9-10H,8,14H2,1-3H3/t10-/m1/s1. The molecule has 1 rings (SSSR count). The molecule has 0 spiro atoms. The fourth-order valence-electron chi connectivity index (χ4n) is 1.16. The maximum absolute atomic E-state index is 11.5. The second-order valence-corrected chi connectivity index (χ2v) is 4.35. The zero-order valence-corrected chi connectivity index (χ0v) is 10.5. The molecule has 0 bridgehead atoms. The Balaban J connectivity index is 2.45. The third-order valence-corrected chi connectivity index (χ3v) is 2.08. The minimum Gasteiger partial charge on any atom is -0.479 e. The van der Waals surface area contributed by atoms with Crippen molar-refractivity contribution in [2.45, 2.75) is 26.9 Å². The molecule has 94 valence electrons. The topological polar surface area (TPSA) is 61.5 Å². The number of hydrogen-bond acceptors (Lipinski definition) is 4. The number of carbonyl (C=O) groups is 1. The van der Waals surface area contributed by atoms with Gasteiger partial charge in [-0.3, -0.25) is 0 Å². The fraction of sp³-hybridized carbons (Fsp3) is 0.462. The zero-order chi connectivity index (χ0) is 12.8. The highest BCUT2D eigenvalue weighted by molar-refractivity contribution is 5.74. The van der Waals surface area contributed by atoms with Gasteiger partial charge >= 0.3 is 5.97 Å². The molecule has 0 aliphatic rings. The number of nitrogens with two attached hydrogens (primary N) is 1. The number of nitrogen functional groups attached to an aromatic ring is 1. The molecule has 0 saturated carbocycles. The highest BCUT2D eigenvalue weighted by Crippen LogP contribution is 2.15. The maximum Gasteiger partial charge on any atom is 0.347 e. The third kappa shape index (κ3) is 4.76. The first-order valence-electron chi connectivity index (χ1n) is 5.68. The monoisotopic (exact) mass is 237 g/mol. The van der Waals surface area contributed by atoms with Gasteiger partial charge in [0.05, 0.1) is 6.61 Å². The van der Waals surface area contributed by atoms with E-state index in [-0.39, 0.29) is 5.97 Å². The molecule has 1 aromatic rings. The van der Waals surface area contributed by atoms with Crippen molar-refractivity contribution < 1.29 is 14.3 Å². The average molecular weight is 237 g/mol. The minimum atomic E-state index is -0.614. The van der Waals surface area contributed by atoms with E-state index in [0.29, 0.717) is 24.0 Å². The highest BCUT2D eigenvalue weighted by atomic mass is 16.6. The van der Waals surface area contributed by atoms with E-state index in [1.807, 2.05) is 13.8 Å². The van der Waals surface area contributed by atoms with Crippen molar-refractivity contribution in [3.63, 3.8) is 0 Å². The van der Waals surface area contributed by atoms with Gasteiger partial charge in [0.25, 0.3) is 0 Å². The van der Waals surface area contributed by atoms with E-state index in [2.05, 4.69) is 0 Å². The fourth-order valence-corrected chi connectivity index (χ4v) is 1.16. The first-order valence-corrected chi connectivity index (χ1v) is 5.68. The second-order valence-electron chi connectivity index (χ2n) is 4.35. The summed E-state index contributed by atoms with van der Waals surface area (Å²) in [5.74, 6) is 0.575. The average Bonchev–Trinajstić information content (AvgIpc) is 2.28. The number of hydrogen-bond donors (Lipinski definition) is 1. The lowest BCUT2D eigenvalue weighted by Crippen LogP contribution is -2.27. The Morgan fingerprint density at radius 3 is 2.35 bits per heavy atom. The Bertz CT molecular complexity index is 359. The van der Waals surface area contributed by atoms with Gasteiger partial charge < -0.3 is 15.2 Å². The zero-order valence-electron chi connectivity index (χ0n) is 10.5. The summed E-state index contributed by atoms with van der Waals surface area (Å²) in [6.07, 6.45) is -0.614. The molecule has 0 amide bonds. The molecular weight excluding hydrogens is 218 g/mol. The largest absolute Gasteiger partial charge is 0.479 e. The predicted octanol–water partition coefficient (Wildman–Crippen LogP) is 2.24. The SMILES string of the molecule is CC(C)COC(=O)[C@@H](C)Oc1ccc(N)cc1. The van der Waals surface area contributed by atoms with Crippen LogP contribution in [-0.4, -0.2) is 18.7 Å². The van der Waals surface area contributed by atoms with Crippen molar-refractivity contribution >= 4 is 11.7 Å². The van der Waals surface area contributed by atoms with Crippen LogP contribution in [0.1, 0.15) is 20.8 Å². The molecule has 0 heterocycles. The Morgan fingerprint density at radius 1 is 1.24 bits per heavy atom. The predicted molar refractivity (Wildman–Crippen MR) is 66.7 cm³/mol. The summed E-state index contributed by atoms with van der Waals surface area (Å²) in [6.45, 7) is 6.05. The number of anilines is 1. The van der Waals surface area contributed by atoms with E-state index in [1.54, 1.807) is 31.2 Å². The normalized spacial score (nSPS) is 12.2. The molecule has 0 fully saturated rings. The first kappa shape index (κ1) is 13.4. The van der Waals surface area contributed by atoms with Crippen molar-refractivity contribution in [3.8, 4) is 5.75 Å². The molecule has 4 heteroatoms. The van der Waals surface area contributed by atoms with Crippen molar-refractivity contribution in [3.05, 3.63) is 24.3 Å². The lowest BCUT2D eigenvalue weighted by molar-refractivity contribution is -0.152. The van der Waals surface area contributed by atoms with Gasteiger partial charge in [0.2, 0.25) is 0 Å². The van der Waals surface area contributed by atoms with Gasteiger partial charge in [-0.15, -0.1) is 0 Å². The summed E-state index contributed by atoms with van der Waals surface area (Å²) in [6, 6.07) is 6.89. The van der Waals surface area contributed by atoms with E-state index in [1.165, 1.54) is 0 Å². The molecule has 2 N–H and O–H groups in total. The summed E-state index contributed by atoms with van der Waals surface area (Å²) in [7, 11) is 0. The van der Waals surface area contributed by atoms with Gasteiger partial charge in [0.15, 0.2) is 6.10 Å². The van der Waals surface area contributed by atoms with Crippen LogP contribution in [-0.2, 0) is 9.53 Å². The van der Waals surface area contributed by atoms with Crippen LogP contribution in [0, 0.1) is 5.92 Å². The van der Waals surface area contributed by atoms with E-state index >= 15 is 0 Å². The number of benzene rings is 1. The van der Waals surface area contributed by atoms with Gasteiger partial charge in [-0.05, 0) is 37.1 Å². The van der Waals surface area contributed by atoms with E-state index in [0.717, 1.165) is 0 Å². The van der Waals surface area contributed by atoms with Gasteiger partial charge in [-0.1, -0.05) is 13.8 Å². The second kappa shape index (κ2) is 6.13. The van der Waals surface area contributed by atoms with Gasteiger partial charge in [-0.2, -0.15) is 0 Å². The molecule has 4 nitrogen and oxygen atoms in total. The summed E-state index contributed by atoms with van der Waals surface area (Å²) < 4.78 is 10.5. The summed E-state index contributed by atoms with van der Waals surface area (Å²) in [4.78, 5) is 11.5. The Labute approximate surface area is 102 Å². The Kier molecular flexibility index (Phi) is 4.82. The van der Waals surface area contributed by atoms with Crippen molar-refractivity contribution in [1.82, 2.24) is 0 Å². The summed E-state index contributed by atoms with van der Waals surface area (Å²) >= 11 is 0. The number of rotatable bonds is 5. The van der Waals surface area contributed by atoms with Crippen LogP contribution in [0.5, 0.6) is 5.75 Å². The molecule has 0 saturated heterocycles. The summed E-state index contributed by atoms with van der Waals surface area (Å²) in [5, 5.41) is 0. The number of carbonyl (C=O) groups excluding carboxylic acids is 1.